The molecule has 1 saturated heterocycles. The molecule has 1 unspecified atom stereocenters. The van der Waals surface area contributed by atoms with Crippen LogP contribution >= 0.6 is 0 Å². The van der Waals surface area contributed by atoms with Gasteiger partial charge >= 0.3 is 0 Å². The second-order valence-corrected chi connectivity index (χ2v) is 7.43. The highest BCUT2D eigenvalue weighted by Crippen LogP contribution is 2.20. The van der Waals surface area contributed by atoms with Crippen molar-refractivity contribution in [2.75, 3.05) is 13.1 Å². The van der Waals surface area contributed by atoms with E-state index in [1.807, 2.05) is 42.2 Å². The number of hydrogen-bond acceptors (Lipinski definition) is 4. The van der Waals surface area contributed by atoms with Gasteiger partial charge in [0.2, 0.25) is 5.91 Å². The topological polar surface area (TPSA) is 70.8 Å². The van der Waals surface area contributed by atoms with Crippen LogP contribution in [0.1, 0.15) is 41.4 Å². The molecule has 2 amide bonds. The lowest BCUT2D eigenvalue weighted by molar-refractivity contribution is -0.133. The van der Waals surface area contributed by atoms with Crippen molar-refractivity contribution in [2.24, 2.45) is 0 Å². The van der Waals surface area contributed by atoms with Crippen LogP contribution in [0.4, 0.5) is 0 Å². The fourth-order valence-corrected chi connectivity index (χ4v) is 3.92. The molecule has 1 aliphatic rings. The number of nitrogens with zero attached hydrogens (tertiary/aromatic N) is 5. The van der Waals surface area contributed by atoms with Crippen LogP contribution in [0, 0.1) is 6.92 Å². The molecule has 2 aromatic heterocycles. The number of amides is 2. The monoisotopic (exact) mass is 391 g/mol. The molecular formula is C22H25N5O2. The Hall–Kier alpha value is -3.22. The van der Waals surface area contributed by atoms with Crippen LogP contribution in [0.5, 0.6) is 0 Å². The number of fused-ring (bicyclic) bond motifs is 1. The van der Waals surface area contributed by atoms with Crippen molar-refractivity contribution in [3.8, 4) is 0 Å². The maximum Gasteiger partial charge on any atom is 0.257 e. The first kappa shape index (κ1) is 19.1. The van der Waals surface area contributed by atoms with Gasteiger partial charge in [-0.2, -0.15) is 5.10 Å². The highest BCUT2D eigenvalue weighted by atomic mass is 16.2. The summed E-state index contributed by atoms with van der Waals surface area (Å²) in [6.45, 7) is 5.43. The Bertz CT molecular complexity index is 1030. The number of carbonyl (C=O) groups excluding carboxylic acids is 2. The molecule has 7 nitrogen and oxygen atoms in total. The summed E-state index contributed by atoms with van der Waals surface area (Å²) < 4.78 is 1.68. The Kier molecular flexibility index (Phi) is 5.29. The second kappa shape index (κ2) is 8.03. The van der Waals surface area contributed by atoms with Gasteiger partial charge in [-0.3, -0.25) is 9.59 Å². The van der Waals surface area contributed by atoms with E-state index in [1.165, 1.54) is 0 Å². The molecule has 0 saturated carbocycles. The predicted octanol–water partition coefficient (Wildman–Crippen LogP) is 2.69. The van der Waals surface area contributed by atoms with Crippen LogP contribution in [0.25, 0.3) is 5.65 Å². The molecular weight excluding hydrogens is 366 g/mol. The van der Waals surface area contributed by atoms with Gasteiger partial charge in [-0.15, -0.1) is 0 Å². The Balaban J connectivity index is 1.58. The largest absolute Gasteiger partial charge is 0.336 e. The third-order valence-electron chi connectivity index (χ3n) is 5.63. The van der Waals surface area contributed by atoms with Crippen molar-refractivity contribution in [1.82, 2.24) is 24.4 Å². The first-order valence-electron chi connectivity index (χ1n) is 10.0. The predicted molar refractivity (Wildman–Crippen MR) is 109 cm³/mol. The molecule has 0 N–H and O–H groups in total. The van der Waals surface area contributed by atoms with Crippen LogP contribution in [-0.4, -0.2) is 55.3 Å². The molecule has 3 aromatic rings. The maximum atomic E-state index is 13.3. The number of benzene rings is 1. The smallest absolute Gasteiger partial charge is 0.257 e. The normalized spacial score (nSPS) is 17.6. The average Bonchev–Trinajstić information content (AvgIpc) is 3.17. The Morgan fingerprint density at radius 2 is 2.00 bits per heavy atom. The molecule has 3 heterocycles. The molecule has 0 spiro atoms. The van der Waals surface area contributed by atoms with Crippen LogP contribution in [-0.2, 0) is 11.3 Å². The minimum absolute atomic E-state index is 0.0177. The van der Waals surface area contributed by atoms with Crippen LogP contribution in [0.2, 0.25) is 0 Å². The summed E-state index contributed by atoms with van der Waals surface area (Å²) in [4.78, 5) is 34.2. The van der Waals surface area contributed by atoms with E-state index in [2.05, 4.69) is 17.0 Å². The number of carbonyl (C=O) groups is 2. The lowest BCUT2D eigenvalue weighted by Gasteiger charge is -2.31. The van der Waals surface area contributed by atoms with Crippen molar-refractivity contribution in [1.29, 1.82) is 0 Å². The summed E-state index contributed by atoms with van der Waals surface area (Å²) >= 11 is 0. The highest BCUT2D eigenvalue weighted by Gasteiger charge is 2.31. The summed E-state index contributed by atoms with van der Waals surface area (Å²) in [5.41, 5.74) is 3.10. The number of aromatic nitrogens is 3. The maximum absolute atomic E-state index is 13.3. The van der Waals surface area contributed by atoms with E-state index in [0.29, 0.717) is 37.3 Å². The van der Waals surface area contributed by atoms with E-state index in [9.17, 15) is 9.59 Å². The molecule has 7 heteroatoms. The summed E-state index contributed by atoms with van der Waals surface area (Å²) in [7, 11) is 0. The summed E-state index contributed by atoms with van der Waals surface area (Å²) in [6.07, 6.45) is 4.40. The Morgan fingerprint density at radius 3 is 2.76 bits per heavy atom. The molecule has 0 radical (unpaired) electrons. The van der Waals surface area contributed by atoms with Crippen molar-refractivity contribution in [3.63, 3.8) is 0 Å². The lowest BCUT2D eigenvalue weighted by Crippen LogP contribution is -2.44. The van der Waals surface area contributed by atoms with Gasteiger partial charge in [0.1, 0.15) is 0 Å². The lowest BCUT2D eigenvalue weighted by atomic mass is 10.1. The van der Waals surface area contributed by atoms with Crippen LogP contribution in [0.3, 0.4) is 0 Å². The SMILES string of the molecule is CCC1CN(C(=O)c2cnc3ccnn3c2C)CCC(=O)N1Cc1ccccc1. The third kappa shape index (κ3) is 3.72. The van der Waals surface area contributed by atoms with Gasteiger partial charge in [-0.25, -0.2) is 9.50 Å². The number of aryl methyl sites for hydroxylation is 1. The van der Waals surface area contributed by atoms with Gasteiger partial charge in [-0.1, -0.05) is 37.3 Å². The molecule has 29 heavy (non-hydrogen) atoms. The molecule has 1 aromatic carbocycles. The standard InChI is InChI=1S/C22H25N5O2/c1-3-18-15-25(12-10-21(28)26(18)14-17-7-5-4-6-8-17)22(29)19-13-23-20-9-11-24-27(20)16(19)2/h4-9,11,13,18H,3,10,12,14-15H2,1-2H3. The first-order chi connectivity index (χ1) is 14.1. The zero-order chi connectivity index (χ0) is 20.4. The second-order valence-electron chi connectivity index (χ2n) is 7.43. The van der Waals surface area contributed by atoms with Crippen molar-refractivity contribution in [2.45, 2.75) is 39.3 Å². The summed E-state index contributed by atoms with van der Waals surface area (Å²) in [6, 6.07) is 11.8. The fourth-order valence-electron chi connectivity index (χ4n) is 3.92. The quantitative estimate of drug-likeness (QED) is 0.686. The number of hydrogen-bond donors (Lipinski definition) is 0. The van der Waals surface area contributed by atoms with Gasteiger partial charge in [0.05, 0.1) is 17.5 Å². The van der Waals surface area contributed by atoms with E-state index in [-0.39, 0.29) is 17.9 Å². The third-order valence-corrected chi connectivity index (χ3v) is 5.63. The van der Waals surface area contributed by atoms with Crippen molar-refractivity contribution < 1.29 is 9.59 Å². The van der Waals surface area contributed by atoms with Crippen LogP contribution in [0.15, 0.2) is 48.8 Å². The van der Waals surface area contributed by atoms with Gasteiger partial charge in [0, 0.05) is 44.4 Å². The molecule has 0 aliphatic carbocycles. The summed E-state index contributed by atoms with van der Waals surface area (Å²) in [5.74, 6) is -0.00594. The van der Waals surface area contributed by atoms with Gasteiger partial charge in [-0.05, 0) is 18.9 Å². The summed E-state index contributed by atoms with van der Waals surface area (Å²) in [5, 5.41) is 4.25. The number of rotatable bonds is 4. The van der Waals surface area contributed by atoms with Gasteiger partial charge in [0.25, 0.3) is 5.91 Å². The van der Waals surface area contributed by atoms with E-state index >= 15 is 0 Å². The molecule has 150 valence electrons. The molecule has 1 fully saturated rings. The van der Waals surface area contributed by atoms with E-state index < -0.39 is 0 Å². The Labute approximate surface area is 170 Å². The zero-order valence-electron chi connectivity index (χ0n) is 16.8. The van der Waals surface area contributed by atoms with E-state index in [0.717, 1.165) is 17.7 Å². The fraction of sp³-hybridized carbons (Fsp3) is 0.364. The first-order valence-corrected chi connectivity index (χ1v) is 10.0. The van der Waals surface area contributed by atoms with Crippen molar-refractivity contribution in [3.05, 3.63) is 65.6 Å². The molecule has 4 rings (SSSR count). The molecule has 1 atom stereocenters. The molecule has 0 bridgehead atoms. The van der Waals surface area contributed by atoms with Crippen molar-refractivity contribution >= 4 is 17.5 Å². The minimum Gasteiger partial charge on any atom is -0.336 e. The molecule has 1 aliphatic heterocycles. The van der Waals surface area contributed by atoms with Gasteiger partial charge < -0.3 is 9.80 Å². The minimum atomic E-state index is -0.0970. The zero-order valence-corrected chi connectivity index (χ0v) is 16.8. The van der Waals surface area contributed by atoms with E-state index in [1.54, 1.807) is 27.9 Å². The van der Waals surface area contributed by atoms with E-state index in [4.69, 9.17) is 0 Å². The Morgan fingerprint density at radius 1 is 1.21 bits per heavy atom. The highest BCUT2D eigenvalue weighted by molar-refractivity contribution is 5.95. The average molecular weight is 391 g/mol. The van der Waals surface area contributed by atoms with Gasteiger partial charge in [0.15, 0.2) is 5.65 Å². The van der Waals surface area contributed by atoms with Crippen LogP contribution < -0.4 is 0 Å².